The maximum absolute atomic E-state index is 13.3. The lowest BCUT2D eigenvalue weighted by molar-refractivity contribution is 0.198. The van der Waals surface area contributed by atoms with E-state index in [0.717, 1.165) is 24.3 Å². The summed E-state index contributed by atoms with van der Waals surface area (Å²) in [5.41, 5.74) is 1.29. The van der Waals surface area contributed by atoms with Gasteiger partial charge in [-0.1, -0.05) is 17.3 Å². The van der Waals surface area contributed by atoms with E-state index in [1.807, 2.05) is 11.0 Å². The van der Waals surface area contributed by atoms with Crippen molar-refractivity contribution >= 4 is 5.82 Å². The second-order valence-corrected chi connectivity index (χ2v) is 5.72. The number of benzene rings is 1. The van der Waals surface area contributed by atoms with Gasteiger partial charge in [0.1, 0.15) is 11.6 Å². The molecule has 0 radical (unpaired) electrons. The van der Waals surface area contributed by atoms with Crippen LogP contribution in [0.5, 0.6) is 0 Å². The van der Waals surface area contributed by atoms with Crippen LogP contribution in [0.1, 0.15) is 6.42 Å². The van der Waals surface area contributed by atoms with Crippen LogP contribution in [-0.4, -0.2) is 39.4 Å². The van der Waals surface area contributed by atoms with Gasteiger partial charge in [-0.15, -0.1) is 0 Å². The van der Waals surface area contributed by atoms with Crippen molar-refractivity contribution in [2.75, 3.05) is 18.0 Å². The number of aliphatic hydroxyl groups is 1. The van der Waals surface area contributed by atoms with Gasteiger partial charge in [-0.05, 0) is 30.7 Å². The number of anilines is 1. The van der Waals surface area contributed by atoms with Crippen LogP contribution in [0.25, 0.3) is 22.8 Å². The first kappa shape index (κ1) is 14.8. The first-order valence-electron chi connectivity index (χ1n) is 7.68. The Labute approximate surface area is 137 Å². The number of halogens is 1. The summed E-state index contributed by atoms with van der Waals surface area (Å²) >= 11 is 0. The second kappa shape index (κ2) is 6.01. The summed E-state index contributed by atoms with van der Waals surface area (Å²) in [5.74, 6) is 1.09. The Kier molecular flexibility index (Phi) is 3.70. The lowest BCUT2D eigenvalue weighted by Gasteiger charge is -2.16. The van der Waals surface area contributed by atoms with Crippen LogP contribution in [-0.2, 0) is 0 Å². The number of pyridine rings is 1. The van der Waals surface area contributed by atoms with Gasteiger partial charge in [0.2, 0.25) is 5.82 Å². The minimum Gasteiger partial charge on any atom is -0.391 e. The molecular weight excluding hydrogens is 311 g/mol. The Morgan fingerprint density at radius 1 is 1.21 bits per heavy atom. The van der Waals surface area contributed by atoms with E-state index in [2.05, 4.69) is 15.1 Å². The highest BCUT2D eigenvalue weighted by atomic mass is 19.1. The molecule has 4 rings (SSSR count). The maximum Gasteiger partial charge on any atom is 0.258 e. The molecule has 7 heteroatoms. The van der Waals surface area contributed by atoms with E-state index in [4.69, 9.17) is 4.52 Å². The number of nitrogens with zero attached hydrogens (tertiary/aromatic N) is 4. The molecule has 0 amide bonds. The minimum absolute atomic E-state index is 0.321. The lowest BCUT2D eigenvalue weighted by atomic mass is 10.2. The average Bonchev–Trinajstić information content (AvgIpc) is 3.24. The molecule has 24 heavy (non-hydrogen) atoms. The summed E-state index contributed by atoms with van der Waals surface area (Å²) in [6.45, 7) is 1.32. The molecule has 1 unspecified atom stereocenters. The smallest absolute Gasteiger partial charge is 0.258 e. The van der Waals surface area contributed by atoms with Crippen molar-refractivity contribution in [3.63, 3.8) is 0 Å². The molecule has 3 aromatic rings. The summed E-state index contributed by atoms with van der Waals surface area (Å²) in [6.07, 6.45) is 2.08. The van der Waals surface area contributed by atoms with Gasteiger partial charge in [0, 0.05) is 30.4 Å². The zero-order chi connectivity index (χ0) is 16.5. The molecule has 1 N–H and O–H groups in total. The summed E-state index contributed by atoms with van der Waals surface area (Å²) in [4.78, 5) is 10.7. The van der Waals surface area contributed by atoms with Crippen molar-refractivity contribution < 1.29 is 14.0 Å². The monoisotopic (exact) mass is 326 g/mol. The lowest BCUT2D eigenvalue weighted by Crippen LogP contribution is -2.22. The Hall–Kier alpha value is -2.80. The van der Waals surface area contributed by atoms with Crippen molar-refractivity contribution in [2.24, 2.45) is 0 Å². The van der Waals surface area contributed by atoms with Gasteiger partial charge in [-0.25, -0.2) is 9.37 Å². The van der Waals surface area contributed by atoms with Gasteiger partial charge in [-0.2, -0.15) is 4.98 Å². The predicted molar refractivity (Wildman–Crippen MR) is 85.8 cm³/mol. The Bertz CT molecular complexity index is 867. The van der Waals surface area contributed by atoms with Gasteiger partial charge >= 0.3 is 0 Å². The van der Waals surface area contributed by atoms with Crippen LogP contribution in [0.15, 0.2) is 47.1 Å². The fourth-order valence-electron chi connectivity index (χ4n) is 2.76. The molecule has 2 aromatic heterocycles. The van der Waals surface area contributed by atoms with Crippen molar-refractivity contribution in [3.05, 3.63) is 48.4 Å². The summed E-state index contributed by atoms with van der Waals surface area (Å²) in [7, 11) is 0. The van der Waals surface area contributed by atoms with Crippen molar-refractivity contribution in [1.29, 1.82) is 0 Å². The zero-order valence-electron chi connectivity index (χ0n) is 12.8. The molecule has 1 aliphatic heterocycles. The topological polar surface area (TPSA) is 75.3 Å². The second-order valence-electron chi connectivity index (χ2n) is 5.72. The molecule has 0 bridgehead atoms. The number of hydrogen-bond donors (Lipinski definition) is 1. The largest absolute Gasteiger partial charge is 0.391 e. The number of rotatable bonds is 3. The fourth-order valence-corrected chi connectivity index (χ4v) is 2.76. The normalized spacial score (nSPS) is 17.4. The molecule has 6 nitrogen and oxygen atoms in total. The molecular formula is C17H15FN4O2. The van der Waals surface area contributed by atoms with Crippen molar-refractivity contribution in [3.8, 4) is 22.8 Å². The molecule has 1 aromatic carbocycles. The molecule has 0 aliphatic carbocycles. The highest BCUT2D eigenvalue weighted by Crippen LogP contribution is 2.26. The molecule has 1 fully saturated rings. The first-order valence-corrected chi connectivity index (χ1v) is 7.68. The van der Waals surface area contributed by atoms with E-state index < -0.39 is 0 Å². The molecule has 3 heterocycles. The highest BCUT2D eigenvalue weighted by Gasteiger charge is 2.22. The van der Waals surface area contributed by atoms with Crippen LogP contribution in [0.3, 0.4) is 0 Å². The van der Waals surface area contributed by atoms with Crippen LogP contribution in [0.4, 0.5) is 10.2 Å². The fraction of sp³-hybridized carbons (Fsp3) is 0.235. The molecule has 0 saturated carbocycles. The standard InChI is InChI=1S/C17H15FN4O2/c18-13-3-1-2-11(8-13)16-20-17(24-21-16)12-4-6-19-15(9-12)22-7-5-14(23)10-22/h1-4,6,8-9,14,23H,5,7,10H2. The zero-order valence-corrected chi connectivity index (χ0v) is 12.8. The summed E-state index contributed by atoms with van der Waals surface area (Å²) in [5, 5.41) is 13.6. The highest BCUT2D eigenvalue weighted by molar-refractivity contribution is 5.62. The van der Waals surface area contributed by atoms with Crippen LogP contribution in [0.2, 0.25) is 0 Å². The Morgan fingerprint density at radius 3 is 2.92 bits per heavy atom. The maximum atomic E-state index is 13.3. The van der Waals surface area contributed by atoms with Crippen LogP contribution >= 0.6 is 0 Å². The van der Waals surface area contributed by atoms with Gasteiger partial charge < -0.3 is 14.5 Å². The van der Waals surface area contributed by atoms with E-state index in [-0.39, 0.29) is 11.9 Å². The van der Waals surface area contributed by atoms with Gasteiger partial charge in [-0.3, -0.25) is 0 Å². The summed E-state index contributed by atoms with van der Waals surface area (Å²) in [6, 6.07) is 9.67. The molecule has 1 aliphatic rings. The molecule has 122 valence electrons. The Morgan fingerprint density at radius 2 is 2.12 bits per heavy atom. The van der Waals surface area contributed by atoms with Gasteiger partial charge in [0.25, 0.3) is 5.89 Å². The Balaban J connectivity index is 1.63. The quantitative estimate of drug-likeness (QED) is 0.797. The van der Waals surface area contributed by atoms with E-state index in [1.54, 1.807) is 24.4 Å². The third-order valence-electron chi connectivity index (χ3n) is 3.99. The summed E-state index contributed by atoms with van der Waals surface area (Å²) < 4.78 is 18.6. The number of hydrogen-bond acceptors (Lipinski definition) is 6. The number of aromatic nitrogens is 3. The molecule has 0 spiro atoms. The van der Waals surface area contributed by atoms with E-state index >= 15 is 0 Å². The van der Waals surface area contributed by atoms with E-state index in [1.165, 1.54) is 12.1 Å². The van der Waals surface area contributed by atoms with Crippen LogP contribution in [0, 0.1) is 5.82 Å². The first-order chi connectivity index (χ1) is 11.7. The van der Waals surface area contributed by atoms with E-state index in [9.17, 15) is 9.50 Å². The third kappa shape index (κ3) is 2.85. The van der Waals surface area contributed by atoms with Crippen molar-refractivity contribution in [1.82, 2.24) is 15.1 Å². The average molecular weight is 326 g/mol. The molecule has 1 saturated heterocycles. The van der Waals surface area contributed by atoms with Crippen LogP contribution < -0.4 is 4.90 Å². The third-order valence-corrected chi connectivity index (χ3v) is 3.99. The van der Waals surface area contributed by atoms with E-state index in [0.29, 0.717) is 23.8 Å². The van der Waals surface area contributed by atoms with Gasteiger partial charge in [0.05, 0.1) is 6.10 Å². The number of β-amino-alcohol motifs (C(OH)–C–C–N with tert-alkyl or cyclic N) is 1. The molecule has 1 atom stereocenters. The number of aliphatic hydroxyl groups excluding tert-OH is 1. The minimum atomic E-state index is -0.349. The predicted octanol–water partition coefficient (Wildman–Crippen LogP) is 2.51. The van der Waals surface area contributed by atoms with Crippen molar-refractivity contribution in [2.45, 2.75) is 12.5 Å². The van der Waals surface area contributed by atoms with Gasteiger partial charge in [0.15, 0.2) is 0 Å². The SMILES string of the molecule is OC1CCN(c2cc(-c3nc(-c4cccc(F)c4)no3)ccn2)C1.